The zero-order valence-corrected chi connectivity index (χ0v) is 30.3. The Morgan fingerprint density at radius 3 is 1.20 bits per heavy atom. The van der Waals surface area contributed by atoms with E-state index in [2.05, 4.69) is 24.3 Å². The zero-order chi connectivity index (χ0) is 36.8. The summed E-state index contributed by atoms with van der Waals surface area (Å²) in [6.07, 6.45) is -1.40. The van der Waals surface area contributed by atoms with Gasteiger partial charge in [-0.2, -0.15) is 0 Å². The van der Waals surface area contributed by atoms with E-state index >= 15 is 0 Å². The molecule has 3 atom stereocenters. The second-order valence-corrected chi connectivity index (χ2v) is 13.5. The van der Waals surface area contributed by atoms with Crippen LogP contribution in [0.5, 0.6) is 0 Å². The normalized spacial score (nSPS) is 13.1. The molecule has 0 radical (unpaired) electrons. The maximum absolute atomic E-state index is 12.1. The Balaban J connectivity index is 1.26. The van der Waals surface area contributed by atoms with Gasteiger partial charge < -0.3 is 28.2 Å². The van der Waals surface area contributed by atoms with Crippen molar-refractivity contribution in [2.45, 2.75) is 56.9 Å². The number of rotatable bonds is 19. The number of furan rings is 2. The molecule has 7 rings (SSSR count). The lowest BCUT2D eigenvalue weighted by atomic mass is 9.90. The number of ether oxygens (including phenoxy) is 3. The average molecular weight is 719 g/mol. The fourth-order valence-electron chi connectivity index (χ4n) is 6.68. The number of hydrogen-bond acceptors (Lipinski definition) is 6. The maximum atomic E-state index is 12.1. The third-order valence-electron chi connectivity index (χ3n) is 9.42. The molecule has 274 valence electrons. The molecule has 0 aliphatic rings. The van der Waals surface area contributed by atoms with Crippen molar-refractivity contribution in [1.29, 1.82) is 0 Å². The minimum Gasteiger partial charge on any atom is -0.465 e. The highest BCUT2D eigenvalue weighted by Gasteiger charge is 2.41. The van der Waals surface area contributed by atoms with Crippen LogP contribution in [0.25, 0.3) is 0 Å². The zero-order valence-electron chi connectivity index (χ0n) is 30.3. The molecule has 0 spiro atoms. The molecular weight excluding hydrogens is 673 g/mol. The summed E-state index contributed by atoms with van der Waals surface area (Å²) in [5.74, 6) is 2.36. The summed E-state index contributed by atoms with van der Waals surface area (Å²) in [6.45, 7) is 0.916. The van der Waals surface area contributed by atoms with Crippen LogP contribution in [0.15, 0.2) is 185 Å². The molecule has 0 saturated carbocycles. The SMILES string of the molecule is O[C@H](COCc1ccccc1)[C@@H](OCc1ccccc1)[C@H](OCc1ccccc1)C(c1ccc(Cc2ccccc2)o1)c1ccc(Cc2ccccc2)o1. The number of aliphatic hydroxyl groups excluding tert-OH is 1. The van der Waals surface area contributed by atoms with Gasteiger partial charge in [0, 0.05) is 12.8 Å². The van der Waals surface area contributed by atoms with E-state index in [0.29, 0.717) is 31.0 Å². The van der Waals surface area contributed by atoms with Crippen LogP contribution in [0.1, 0.15) is 56.8 Å². The van der Waals surface area contributed by atoms with Crippen molar-refractivity contribution in [2.75, 3.05) is 6.61 Å². The van der Waals surface area contributed by atoms with Gasteiger partial charge in [-0.3, -0.25) is 0 Å². The van der Waals surface area contributed by atoms with Crippen LogP contribution in [0.3, 0.4) is 0 Å². The number of aliphatic hydroxyl groups is 1. The monoisotopic (exact) mass is 718 g/mol. The second-order valence-electron chi connectivity index (χ2n) is 13.5. The topological polar surface area (TPSA) is 74.2 Å². The molecule has 0 saturated heterocycles. The Bertz CT molecular complexity index is 2000. The fraction of sp³-hybridized carbons (Fsp3) is 0.208. The highest BCUT2D eigenvalue weighted by Crippen LogP contribution is 2.37. The highest BCUT2D eigenvalue weighted by molar-refractivity contribution is 5.30. The lowest BCUT2D eigenvalue weighted by molar-refractivity contribution is -0.153. The first kappa shape index (κ1) is 36.8. The van der Waals surface area contributed by atoms with E-state index in [4.69, 9.17) is 23.0 Å². The van der Waals surface area contributed by atoms with E-state index in [1.54, 1.807) is 0 Å². The van der Waals surface area contributed by atoms with Gasteiger partial charge in [0.1, 0.15) is 47.3 Å². The largest absolute Gasteiger partial charge is 0.465 e. The third-order valence-corrected chi connectivity index (χ3v) is 9.42. The Morgan fingerprint density at radius 2 is 0.778 bits per heavy atom. The van der Waals surface area contributed by atoms with Crippen LogP contribution in [-0.4, -0.2) is 30.0 Å². The quantitative estimate of drug-likeness (QED) is 0.0898. The predicted molar refractivity (Wildman–Crippen MR) is 210 cm³/mol. The van der Waals surface area contributed by atoms with Gasteiger partial charge in [0.15, 0.2) is 0 Å². The van der Waals surface area contributed by atoms with Crippen LogP contribution in [-0.2, 0) is 46.9 Å². The van der Waals surface area contributed by atoms with Crippen molar-refractivity contribution in [3.05, 3.63) is 227 Å². The van der Waals surface area contributed by atoms with Crippen molar-refractivity contribution in [3.8, 4) is 0 Å². The van der Waals surface area contributed by atoms with E-state index < -0.39 is 24.2 Å². The predicted octanol–water partition coefficient (Wildman–Crippen LogP) is 9.93. The van der Waals surface area contributed by atoms with E-state index in [1.165, 1.54) is 0 Å². The molecule has 54 heavy (non-hydrogen) atoms. The summed E-state index contributed by atoms with van der Waals surface area (Å²) in [6, 6.07) is 58.4. The van der Waals surface area contributed by atoms with Crippen molar-refractivity contribution < 1.29 is 28.2 Å². The van der Waals surface area contributed by atoms with Gasteiger partial charge in [-0.25, -0.2) is 0 Å². The van der Waals surface area contributed by atoms with Crippen molar-refractivity contribution >= 4 is 0 Å². The molecule has 6 nitrogen and oxygen atoms in total. The van der Waals surface area contributed by atoms with Crippen LogP contribution in [0.2, 0.25) is 0 Å². The van der Waals surface area contributed by atoms with Gasteiger partial charge >= 0.3 is 0 Å². The Kier molecular flexibility index (Phi) is 13.0. The Hall–Kier alpha value is -5.50. The van der Waals surface area contributed by atoms with Gasteiger partial charge in [0.05, 0.1) is 26.4 Å². The maximum Gasteiger partial charge on any atom is 0.117 e. The van der Waals surface area contributed by atoms with Gasteiger partial charge in [-0.1, -0.05) is 152 Å². The van der Waals surface area contributed by atoms with Crippen LogP contribution < -0.4 is 0 Å². The summed E-state index contributed by atoms with van der Waals surface area (Å²) in [4.78, 5) is 0. The first-order valence-electron chi connectivity index (χ1n) is 18.5. The van der Waals surface area contributed by atoms with E-state index in [0.717, 1.165) is 39.3 Å². The minimum atomic E-state index is -1.06. The molecular formula is C48H46O6. The fourth-order valence-corrected chi connectivity index (χ4v) is 6.68. The lowest BCUT2D eigenvalue weighted by Crippen LogP contribution is -2.46. The summed E-state index contributed by atoms with van der Waals surface area (Å²) in [5, 5.41) is 12.1. The molecule has 1 N–H and O–H groups in total. The van der Waals surface area contributed by atoms with Gasteiger partial charge in [-0.15, -0.1) is 0 Å². The summed E-state index contributed by atoms with van der Waals surface area (Å²) < 4.78 is 33.2. The van der Waals surface area contributed by atoms with E-state index in [-0.39, 0.29) is 19.8 Å². The molecule has 7 aromatic rings. The lowest BCUT2D eigenvalue weighted by Gasteiger charge is -2.35. The van der Waals surface area contributed by atoms with Crippen LogP contribution in [0, 0.1) is 0 Å². The molecule has 0 bridgehead atoms. The van der Waals surface area contributed by atoms with Crippen molar-refractivity contribution in [2.24, 2.45) is 0 Å². The Morgan fingerprint density at radius 1 is 0.407 bits per heavy atom. The highest BCUT2D eigenvalue weighted by atomic mass is 16.6. The summed E-state index contributed by atoms with van der Waals surface area (Å²) in [7, 11) is 0. The summed E-state index contributed by atoms with van der Waals surface area (Å²) in [5.41, 5.74) is 5.27. The molecule has 0 fully saturated rings. The molecule has 0 amide bonds. The van der Waals surface area contributed by atoms with E-state index in [1.807, 2.05) is 152 Å². The smallest absolute Gasteiger partial charge is 0.117 e. The molecule has 2 aromatic heterocycles. The molecule has 0 unspecified atom stereocenters. The average Bonchev–Trinajstić information content (AvgIpc) is 3.88. The van der Waals surface area contributed by atoms with E-state index in [9.17, 15) is 5.11 Å². The van der Waals surface area contributed by atoms with Gasteiger partial charge in [0.25, 0.3) is 0 Å². The summed E-state index contributed by atoms with van der Waals surface area (Å²) >= 11 is 0. The second kappa shape index (κ2) is 19.0. The first-order chi connectivity index (χ1) is 26.7. The molecule has 0 aliphatic carbocycles. The minimum absolute atomic E-state index is 0.0289. The van der Waals surface area contributed by atoms with Crippen molar-refractivity contribution in [3.63, 3.8) is 0 Å². The first-order valence-corrected chi connectivity index (χ1v) is 18.5. The van der Waals surface area contributed by atoms with Crippen LogP contribution >= 0.6 is 0 Å². The Labute approximate surface area is 317 Å². The standard InChI is InChI=1S/C48H46O6/c49-43(35-50-32-38-20-10-3-11-21-38)47(51-33-39-22-12-4-13-23-39)48(52-34-40-24-14-5-15-25-40)46(44-28-26-41(53-44)30-36-16-6-1-7-17-36)45-29-27-42(54-45)31-37-18-8-2-9-19-37/h1-29,43,46-49H,30-35H2/t43-,47-,48-/m1/s1. The van der Waals surface area contributed by atoms with Gasteiger partial charge in [-0.05, 0) is 52.1 Å². The molecule has 6 heteroatoms. The molecule has 5 aromatic carbocycles. The van der Waals surface area contributed by atoms with Gasteiger partial charge in [0.2, 0.25) is 0 Å². The van der Waals surface area contributed by atoms with Crippen LogP contribution in [0.4, 0.5) is 0 Å². The number of benzene rings is 5. The molecule has 0 aliphatic heterocycles. The molecule has 2 heterocycles. The number of hydrogen-bond donors (Lipinski definition) is 1. The van der Waals surface area contributed by atoms with Crippen molar-refractivity contribution in [1.82, 2.24) is 0 Å². The third kappa shape index (κ3) is 10.3.